The van der Waals surface area contributed by atoms with Gasteiger partial charge < -0.3 is 15.3 Å². The highest BCUT2D eigenvalue weighted by Crippen LogP contribution is 2.13. The summed E-state index contributed by atoms with van der Waals surface area (Å²) in [5.74, 6) is -0.810. The molecule has 0 aliphatic heterocycles. The number of hydrogen-bond donors (Lipinski definition) is 2. The lowest BCUT2D eigenvalue weighted by molar-refractivity contribution is -0.138. The fraction of sp³-hybridized carbons (Fsp3) is 0.467. The second-order valence-corrected chi connectivity index (χ2v) is 5.28. The van der Waals surface area contributed by atoms with E-state index in [0.717, 1.165) is 0 Å². The zero-order valence-electron chi connectivity index (χ0n) is 12.3. The van der Waals surface area contributed by atoms with Crippen molar-refractivity contribution in [3.63, 3.8) is 0 Å². The summed E-state index contributed by atoms with van der Waals surface area (Å²) in [7, 11) is 3.27. The summed E-state index contributed by atoms with van der Waals surface area (Å²) in [5, 5.41) is 12.6. The summed E-state index contributed by atoms with van der Waals surface area (Å²) in [6.07, 6.45) is -1.27. The largest absolute Gasteiger partial charge is 0.378 e. The molecule has 0 aliphatic rings. The highest BCUT2D eigenvalue weighted by Gasteiger charge is 2.28. The number of nitrogens with zero attached hydrogens (tertiary/aromatic N) is 1. The maximum Gasteiger partial charge on any atom is 0.254 e. The first-order valence-electron chi connectivity index (χ1n) is 6.59. The van der Waals surface area contributed by atoms with Crippen LogP contribution in [-0.4, -0.2) is 42.0 Å². The van der Waals surface area contributed by atoms with Crippen molar-refractivity contribution in [2.24, 2.45) is 5.92 Å². The van der Waals surface area contributed by atoms with E-state index in [1.807, 2.05) is 13.8 Å². The van der Waals surface area contributed by atoms with Gasteiger partial charge in [0.25, 0.3) is 5.91 Å². The molecule has 2 atom stereocenters. The molecule has 20 heavy (non-hydrogen) atoms. The summed E-state index contributed by atoms with van der Waals surface area (Å²) in [6, 6.07) is 8.00. The van der Waals surface area contributed by atoms with Gasteiger partial charge in [0.1, 0.15) is 6.04 Å². The van der Waals surface area contributed by atoms with E-state index in [1.165, 1.54) is 4.90 Å². The predicted molar refractivity (Wildman–Crippen MR) is 76.9 cm³/mol. The number of aliphatic hydroxyl groups excluding tert-OH is 1. The molecule has 5 nitrogen and oxygen atoms in total. The Bertz CT molecular complexity index is 457. The molecule has 1 rings (SSSR count). The Morgan fingerprint density at radius 2 is 1.70 bits per heavy atom. The number of nitrogens with one attached hydrogen (secondary N) is 1. The van der Waals surface area contributed by atoms with Gasteiger partial charge in [0, 0.05) is 14.1 Å². The molecule has 0 fully saturated rings. The van der Waals surface area contributed by atoms with Crippen LogP contribution in [0.25, 0.3) is 0 Å². The highest BCUT2D eigenvalue weighted by atomic mass is 16.3. The fourth-order valence-electron chi connectivity index (χ4n) is 1.81. The third kappa shape index (κ3) is 4.06. The van der Waals surface area contributed by atoms with Gasteiger partial charge in [-0.05, 0) is 11.5 Å². The van der Waals surface area contributed by atoms with Crippen molar-refractivity contribution in [2.75, 3.05) is 14.1 Å². The van der Waals surface area contributed by atoms with Gasteiger partial charge in [-0.25, -0.2) is 0 Å². The lowest BCUT2D eigenvalue weighted by atomic mass is 10.0. The van der Waals surface area contributed by atoms with Gasteiger partial charge in [-0.3, -0.25) is 9.59 Å². The quantitative estimate of drug-likeness (QED) is 0.842. The Labute approximate surface area is 119 Å². The molecule has 0 radical (unpaired) electrons. The maximum atomic E-state index is 12.1. The van der Waals surface area contributed by atoms with E-state index < -0.39 is 18.1 Å². The molecule has 2 amide bonds. The van der Waals surface area contributed by atoms with Gasteiger partial charge in [-0.15, -0.1) is 0 Å². The molecule has 0 spiro atoms. The van der Waals surface area contributed by atoms with Crippen molar-refractivity contribution in [3.05, 3.63) is 35.9 Å². The summed E-state index contributed by atoms with van der Waals surface area (Å²) in [4.78, 5) is 25.5. The predicted octanol–water partition coefficient (Wildman–Crippen LogP) is 0.949. The van der Waals surface area contributed by atoms with E-state index in [4.69, 9.17) is 0 Å². The molecule has 0 unspecified atom stereocenters. The average molecular weight is 278 g/mol. The number of likely N-dealkylation sites (N-methyl/N-ethyl adjacent to an activating group) is 1. The number of rotatable bonds is 5. The molecule has 2 N–H and O–H groups in total. The van der Waals surface area contributed by atoms with Crippen molar-refractivity contribution in [1.82, 2.24) is 10.2 Å². The lowest BCUT2D eigenvalue weighted by Gasteiger charge is -2.25. The van der Waals surface area contributed by atoms with Gasteiger partial charge >= 0.3 is 0 Å². The summed E-state index contributed by atoms with van der Waals surface area (Å²) < 4.78 is 0. The maximum absolute atomic E-state index is 12.1. The van der Waals surface area contributed by atoms with Crippen molar-refractivity contribution >= 4 is 11.8 Å². The molecule has 5 heteroatoms. The van der Waals surface area contributed by atoms with E-state index in [0.29, 0.717) is 5.56 Å². The van der Waals surface area contributed by atoms with Crippen LogP contribution in [0.1, 0.15) is 25.5 Å². The van der Waals surface area contributed by atoms with Crippen molar-refractivity contribution in [1.29, 1.82) is 0 Å². The van der Waals surface area contributed by atoms with E-state index in [1.54, 1.807) is 44.4 Å². The molecule has 0 heterocycles. The standard InChI is InChI=1S/C15H22N2O3/c1-10(2)12(15(20)17(3)4)16-14(19)13(18)11-8-6-5-7-9-11/h5-10,12-13,18H,1-4H3,(H,16,19)/t12-,13+/m0/s1. The van der Waals surface area contributed by atoms with Crippen LogP contribution >= 0.6 is 0 Å². The molecule has 110 valence electrons. The molecule has 1 aromatic carbocycles. The monoisotopic (exact) mass is 278 g/mol. The third-order valence-corrected chi connectivity index (χ3v) is 3.03. The van der Waals surface area contributed by atoms with Gasteiger partial charge in [-0.2, -0.15) is 0 Å². The zero-order valence-corrected chi connectivity index (χ0v) is 12.3. The first-order chi connectivity index (χ1) is 9.34. The summed E-state index contributed by atoms with van der Waals surface area (Å²) >= 11 is 0. The van der Waals surface area contributed by atoms with E-state index >= 15 is 0 Å². The van der Waals surface area contributed by atoms with Crippen LogP contribution < -0.4 is 5.32 Å². The number of benzene rings is 1. The normalized spacial score (nSPS) is 13.7. The summed E-state index contributed by atoms with van der Waals surface area (Å²) in [6.45, 7) is 3.70. The Hall–Kier alpha value is -1.88. The topological polar surface area (TPSA) is 69.6 Å². The molecule has 0 saturated carbocycles. The molecular weight excluding hydrogens is 256 g/mol. The molecule has 0 bridgehead atoms. The Balaban J connectivity index is 2.79. The van der Waals surface area contributed by atoms with Gasteiger partial charge in [0.05, 0.1) is 0 Å². The Kier molecular flexibility index (Phi) is 5.70. The Morgan fingerprint density at radius 3 is 2.15 bits per heavy atom. The van der Waals surface area contributed by atoms with Crippen molar-refractivity contribution < 1.29 is 14.7 Å². The molecule has 0 saturated heterocycles. The number of hydrogen-bond acceptors (Lipinski definition) is 3. The first kappa shape index (κ1) is 16.2. The molecule has 0 aromatic heterocycles. The van der Waals surface area contributed by atoms with E-state index in [9.17, 15) is 14.7 Å². The number of carbonyl (C=O) groups excluding carboxylic acids is 2. The van der Waals surface area contributed by atoms with E-state index in [-0.39, 0.29) is 11.8 Å². The number of aliphatic hydroxyl groups is 1. The SMILES string of the molecule is CC(C)[C@H](NC(=O)[C@H](O)c1ccccc1)C(=O)N(C)C. The fourth-order valence-corrected chi connectivity index (χ4v) is 1.81. The molecule has 1 aromatic rings. The zero-order chi connectivity index (χ0) is 15.3. The van der Waals surface area contributed by atoms with Crippen molar-refractivity contribution in [3.8, 4) is 0 Å². The molecule has 0 aliphatic carbocycles. The highest BCUT2D eigenvalue weighted by molar-refractivity contribution is 5.89. The van der Waals surface area contributed by atoms with Crippen LogP contribution in [0.15, 0.2) is 30.3 Å². The second kappa shape index (κ2) is 7.05. The van der Waals surface area contributed by atoms with E-state index in [2.05, 4.69) is 5.32 Å². The van der Waals surface area contributed by atoms with Gasteiger partial charge in [0.15, 0.2) is 6.10 Å². The van der Waals surface area contributed by atoms with Crippen LogP contribution in [0.4, 0.5) is 0 Å². The average Bonchev–Trinajstić information content (AvgIpc) is 2.43. The lowest BCUT2D eigenvalue weighted by Crippen LogP contribution is -2.50. The van der Waals surface area contributed by atoms with Crippen LogP contribution in [0, 0.1) is 5.92 Å². The summed E-state index contributed by atoms with van der Waals surface area (Å²) in [5.41, 5.74) is 0.504. The smallest absolute Gasteiger partial charge is 0.254 e. The second-order valence-electron chi connectivity index (χ2n) is 5.28. The minimum absolute atomic E-state index is 0.0585. The molecular formula is C15H22N2O3. The minimum Gasteiger partial charge on any atom is -0.378 e. The van der Waals surface area contributed by atoms with Gasteiger partial charge in [-0.1, -0.05) is 44.2 Å². The minimum atomic E-state index is -1.27. The van der Waals surface area contributed by atoms with Crippen LogP contribution in [0.2, 0.25) is 0 Å². The van der Waals surface area contributed by atoms with Crippen LogP contribution in [0.3, 0.4) is 0 Å². The van der Waals surface area contributed by atoms with Gasteiger partial charge in [0.2, 0.25) is 5.91 Å². The van der Waals surface area contributed by atoms with Crippen LogP contribution in [0.5, 0.6) is 0 Å². The first-order valence-corrected chi connectivity index (χ1v) is 6.59. The van der Waals surface area contributed by atoms with Crippen LogP contribution in [-0.2, 0) is 9.59 Å². The third-order valence-electron chi connectivity index (χ3n) is 3.03. The number of amides is 2. The van der Waals surface area contributed by atoms with Crippen molar-refractivity contribution in [2.45, 2.75) is 26.0 Å². The Morgan fingerprint density at radius 1 is 1.15 bits per heavy atom. The number of carbonyl (C=O) groups is 2.